The molecule has 202 valence electrons. The van der Waals surface area contributed by atoms with E-state index in [2.05, 4.69) is 210 Å². The molecule has 6 rings (SSSR count). The van der Waals surface area contributed by atoms with E-state index in [9.17, 15) is 0 Å². The molecule has 0 bridgehead atoms. The molecule has 0 aliphatic carbocycles. The van der Waals surface area contributed by atoms with Gasteiger partial charge >= 0.3 is 28.3 Å². The summed E-state index contributed by atoms with van der Waals surface area (Å²) in [7, 11) is -0.892. The second-order valence-electron chi connectivity index (χ2n) is 8.68. The van der Waals surface area contributed by atoms with Gasteiger partial charge in [-0.1, -0.05) is 182 Å². The van der Waals surface area contributed by atoms with Gasteiger partial charge in [-0.15, -0.1) is 0 Å². The van der Waals surface area contributed by atoms with Gasteiger partial charge in [0.15, 0.2) is 0 Å². The zero-order valence-corrected chi connectivity index (χ0v) is 26.2. The summed E-state index contributed by atoms with van der Waals surface area (Å²) in [5.41, 5.74) is 0. The van der Waals surface area contributed by atoms with Crippen LogP contribution in [-0.2, 0) is 14.2 Å². The number of halogens is 1. The molecule has 0 N–H and O–H groups in total. The summed E-state index contributed by atoms with van der Waals surface area (Å²) in [6.07, 6.45) is 0. The molecule has 0 aromatic heterocycles. The second kappa shape index (κ2) is 17.1. The third kappa shape index (κ3) is 8.59. The molecule has 0 nitrogen and oxygen atoms in total. The van der Waals surface area contributed by atoms with Crippen LogP contribution in [0.15, 0.2) is 182 Å². The van der Waals surface area contributed by atoms with Crippen LogP contribution in [0.1, 0.15) is 0 Å². The third-order valence-electron chi connectivity index (χ3n) is 6.09. The quantitative estimate of drug-likeness (QED) is 0.126. The van der Waals surface area contributed by atoms with E-state index < -0.39 is 15.8 Å². The van der Waals surface area contributed by atoms with Crippen molar-refractivity contribution in [1.82, 2.24) is 0 Å². The second-order valence-corrected chi connectivity index (χ2v) is 13.1. The molecular weight excluding hydrogens is 638 g/mol. The Labute approximate surface area is 256 Å². The van der Waals surface area contributed by atoms with Gasteiger partial charge in [0.1, 0.15) is 0 Å². The Morgan fingerprint density at radius 2 is 0.375 bits per heavy atom. The summed E-state index contributed by atoms with van der Waals surface area (Å²) < 4.78 is 0. The maximum absolute atomic E-state index is 4.00. The maximum atomic E-state index is 4.00. The van der Waals surface area contributed by atoms with Crippen LogP contribution in [-0.4, -0.2) is 0 Å². The molecule has 0 heterocycles. The van der Waals surface area contributed by atoms with E-state index in [1.807, 2.05) is 0 Å². The van der Waals surface area contributed by atoms with Gasteiger partial charge in [-0.2, -0.15) is 0 Å². The third-order valence-corrected chi connectivity index (χ3v) is 11.0. The Balaban J connectivity index is 0.000000174. The fourth-order valence-electron chi connectivity index (χ4n) is 4.36. The normalized spacial score (nSPS) is 10.2. The monoisotopic (exact) mass is 666 g/mol. The predicted octanol–water partition coefficient (Wildman–Crippen LogP) is 7.73. The summed E-state index contributed by atoms with van der Waals surface area (Å²) >= 11 is 6.50. The molecule has 0 atom stereocenters. The van der Waals surface area contributed by atoms with Crippen LogP contribution in [0, 0.1) is 0 Å². The smallest absolute Gasteiger partial charge is 0.0134 e. The van der Waals surface area contributed by atoms with E-state index in [0.29, 0.717) is 0 Å². The van der Waals surface area contributed by atoms with Gasteiger partial charge < -0.3 is 0 Å². The minimum atomic E-state index is -0.446. The van der Waals surface area contributed by atoms with Crippen LogP contribution >= 0.6 is 30.0 Å². The topological polar surface area (TPSA) is 0 Å². The maximum Gasteiger partial charge on any atom is -0.0134 e. The Hall–Kier alpha value is -2.82. The molecule has 0 fully saturated rings. The zero-order chi connectivity index (χ0) is 27.8. The molecule has 0 saturated heterocycles. The minimum Gasteiger partial charge on any atom is -0.0622 e. The molecule has 6 aromatic rings. The fourth-order valence-corrected chi connectivity index (χ4v) is 8.97. The average molecular weight is 668 g/mol. The summed E-state index contributed by atoms with van der Waals surface area (Å²) in [5, 5.41) is 8.39. The van der Waals surface area contributed by atoms with Crippen molar-refractivity contribution in [1.29, 1.82) is 0 Å². The van der Waals surface area contributed by atoms with Crippen LogP contribution in [0.4, 0.5) is 0 Å². The van der Waals surface area contributed by atoms with Gasteiger partial charge in [0, 0.05) is 0 Å². The molecule has 40 heavy (non-hydrogen) atoms. The number of rotatable bonds is 6. The van der Waals surface area contributed by atoms with E-state index >= 15 is 0 Å². The zero-order valence-electron chi connectivity index (χ0n) is 21.9. The summed E-state index contributed by atoms with van der Waals surface area (Å²) in [4.78, 5) is 0. The van der Waals surface area contributed by atoms with Crippen molar-refractivity contribution >= 4 is 61.8 Å². The number of benzene rings is 6. The molecule has 0 amide bonds. The Kier molecular flexibility index (Phi) is 12.9. The summed E-state index contributed by atoms with van der Waals surface area (Å²) in [5.74, 6) is 0. The van der Waals surface area contributed by atoms with E-state index in [0.717, 1.165) is 0 Å². The van der Waals surface area contributed by atoms with Gasteiger partial charge in [-0.25, -0.2) is 0 Å². The standard InChI is InChI=1S/2C18H15P.BrH.Cu/c2*1-4-10-16(11-5-1)19(17-12-6-2-7-13-17)18-14-8-3-9-15-18;;/h2*1-15H;1H;/q;;;+1/p-1. The fraction of sp³-hybridized carbons (Fsp3) is 0. The first-order chi connectivity index (χ1) is 19.9. The molecule has 0 saturated carbocycles. The molecule has 0 unspecified atom stereocenters. The van der Waals surface area contributed by atoms with Crippen LogP contribution in [0.3, 0.4) is 0 Å². The average Bonchev–Trinajstić information content (AvgIpc) is 3.06. The van der Waals surface area contributed by atoms with Crippen LogP contribution < -0.4 is 31.8 Å². The first-order valence-corrected chi connectivity index (χ1v) is 17.9. The molecular formula is C36H30BrCuP2. The van der Waals surface area contributed by atoms with Gasteiger partial charge in [0.2, 0.25) is 0 Å². The van der Waals surface area contributed by atoms with E-state index in [1.54, 1.807) is 0 Å². The Morgan fingerprint density at radius 1 is 0.250 bits per heavy atom. The Bertz CT molecular complexity index is 1180. The first-order valence-electron chi connectivity index (χ1n) is 12.9. The predicted molar refractivity (Wildman–Crippen MR) is 179 cm³/mol. The molecule has 6 aromatic carbocycles. The van der Waals surface area contributed by atoms with E-state index in [-0.39, 0.29) is 0 Å². The van der Waals surface area contributed by atoms with Crippen molar-refractivity contribution < 1.29 is 14.2 Å². The van der Waals surface area contributed by atoms with Crippen molar-refractivity contribution in [2.45, 2.75) is 0 Å². The van der Waals surface area contributed by atoms with Gasteiger partial charge in [-0.05, 0) is 47.7 Å². The molecule has 0 aliphatic rings. The number of hydrogen-bond acceptors (Lipinski definition) is 0. The van der Waals surface area contributed by atoms with Crippen molar-refractivity contribution in [3.05, 3.63) is 182 Å². The van der Waals surface area contributed by atoms with Crippen LogP contribution in [0.5, 0.6) is 0 Å². The van der Waals surface area contributed by atoms with Crippen molar-refractivity contribution in [3.8, 4) is 0 Å². The number of hydrogen-bond donors (Lipinski definition) is 0. The SMILES string of the molecule is [Cu][Br].c1ccc(P(c2ccccc2)c2ccccc2)cc1.c1ccc(P(c2ccccc2)c2ccccc2)cc1. The largest absolute Gasteiger partial charge is 0.0622 e. The van der Waals surface area contributed by atoms with Crippen molar-refractivity contribution in [3.63, 3.8) is 0 Å². The van der Waals surface area contributed by atoms with Crippen LogP contribution in [0.2, 0.25) is 0 Å². The van der Waals surface area contributed by atoms with Gasteiger partial charge in [0.25, 0.3) is 0 Å². The van der Waals surface area contributed by atoms with E-state index in [1.165, 1.54) is 31.8 Å². The van der Waals surface area contributed by atoms with Crippen LogP contribution in [0.25, 0.3) is 0 Å². The molecule has 0 radical (unpaired) electrons. The minimum absolute atomic E-state index is 0.446. The van der Waals surface area contributed by atoms with Crippen molar-refractivity contribution in [2.75, 3.05) is 0 Å². The summed E-state index contributed by atoms with van der Waals surface area (Å²) in [6.45, 7) is 0. The molecule has 0 aliphatic heterocycles. The Morgan fingerprint density at radius 3 is 0.500 bits per heavy atom. The van der Waals surface area contributed by atoms with E-state index in [4.69, 9.17) is 0 Å². The van der Waals surface area contributed by atoms with Crippen molar-refractivity contribution in [2.24, 2.45) is 0 Å². The van der Waals surface area contributed by atoms with Gasteiger partial charge in [0.05, 0.1) is 0 Å². The first kappa shape index (κ1) is 30.1. The molecule has 0 spiro atoms. The summed E-state index contributed by atoms with van der Waals surface area (Å²) in [6, 6.07) is 64.7. The molecule has 4 heteroatoms. The van der Waals surface area contributed by atoms with Gasteiger partial charge in [-0.3, -0.25) is 0 Å².